The molecule has 0 aliphatic heterocycles. The van der Waals surface area contributed by atoms with Crippen LogP contribution in [0.15, 0.2) is 18.2 Å². The highest BCUT2D eigenvalue weighted by molar-refractivity contribution is 6.33. The Morgan fingerprint density at radius 2 is 2.11 bits per heavy atom. The van der Waals surface area contributed by atoms with Crippen molar-refractivity contribution in [2.24, 2.45) is 5.73 Å². The largest absolute Gasteiger partial charge is 0.480 e. The normalized spacial score (nSPS) is 14.3. The lowest BCUT2D eigenvalue weighted by Gasteiger charge is -2.23. The summed E-state index contributed by atoms with van der Waals surface area (Å²) in [6.07, 6.45) is 1.92. The van der Waals surface area contributed by atoms with E-state index in [9.17, 15) is 9.59 Å². The Hall–Kier alpha value is -1.75. The molecule has 0 radical (unpaired) electrons. The van der Waals surface area contributed by atoms with E-state index >= 15 is 0 Å². The van der Waals surface area contributed by atoms with Gasteiger partial charge in [-0.05, 0) is 31.0 Å². The van der Waals surface area contributed by atoms with E-state index in [1.165, 1.54) is 6.07 Å². The van der Waals surface area contributed by atoms with Crippen LogP contribution in [0.5, 0.6) is 0 Å². The van der Waals surface area contributed by atoms with Crippen LogP contribution in [-0.2, 0) is 4.79 Å². The number of benzene rings is 1. The van der Waals surface area contributed by atoms with Gasteiger partial charge in [-0.2, -0.15) is 0 Å². The number of hydrogen-bond donors (Lipinski definition) is 2. The zero-order chi connectivity index (χ0) is 13.3. The molecule has 3 N–H and O–H groups in total. The maximum absolute atomic E-state index is 11.0. The molecule has 5 nitrogen and oxygen atoms in total. The van der Waals surface area contributed by atoms with Gasteiger partial charge in [-0.3, -0.25) is 9.59 Å². The third-order valence-corrected chi connectivity index (χ3v) is 3.14. The highest BCUT2D eigenvalue weighted by atomic mass is 35.5. The number of aliphatic carboxylic acids is 1. The van der Waals surface area contributed by atoms with E-state index in [-0.39, 0.29) is 12.6 Å². The first-order chi connectivity index (χ1) is 8.49. The predicted molar refractivity (Wildman–Crippen MR) is 68.0 cm³/mol. The van der Waals surface area contributed by atoms with Gasteiger partial charge in [0.25, 0.3) is 0 Å². The van der Waals surface area contributed by atoms with Crippen LogP contribution in [-0.4, -0.2) is 29.6 Å². The van der Waals surface area contributed by atoms with E-state index in [1.807, 2.05) is 0 Å². The fourth-order valence-electron chi connectivity index (χ4n) is 1.84. The Morgan fingerprint density at radius 3 is 2.56 bits per heavy atom. The van der Waals surface area contributed by atoms with Gasteiger partial charge < -0.3 is 15.7 Å². The second-order valence-electron chi connectivity index (χ2n) is 4.28. The average Bonchev–Trinajstić information content (AvgIpc) is 3.09. The molecule has 2 rings (SSSR count). The van der Waals surface area contributed by atoms with E-state index in [4.69, 9.17) is 22.4 Å². The summed E-state index contributed by atoms with van der Waals surface area (Å²) in [5, 5.41) is 9.24. The number of nitrogens with zero attached hydrogens (tertiary/aromatic N) is 1. The minimum Gasteiger partial charge on any atom is -0.480 e. The number of anilines is 1. The molecule has 1 fully saturated rings. The second-order valence-corrected chi connectivity index (χ2v) is 4.69. The fraction of sp³-hybridized carbons (Fsp3) is 0.333. The van der Waals surface area contributed by atoms with Crippen LogP contribution in [0.4, 0.5) is 5.69 Å². The number of halogens is 1. The van der Waals surface area contributed by atoms with E-state index in [1.54, 1.807) is 17.0 Å². The number of carboxylic acid groups (broad SMARTS) is 1. The molecule has 1 aromatic carbocycles. The molecule has 0 spiro atoms. The molecule has 1 aliphatic carbocycles. The number of hydrogen-bond acceptors (Lipinski definition) is 3. The number of amides is 1. The van der Waals surface area contributed by atoms with Crippen molar-refractivity contribution >= 4 is 29.2 Å². The van der Waals surface area contributed by atoms with Crippen molar-refractivity contribution in [1.82, 2.24) is 0 Å². The molecule has 1 aromatic rings. The molecule has 0 aromatic heterocycles. The highest BCUT2D eigenvalue weighted by Crippen LogP contribution is 2.35. The Bertz CT molecular complexity index is 500. The first-order valence-corrected chi connectivity index (χ1v) is 5.94. The molecule has 0 saturated heterocycles. The van der Waals surface area contributed by atoms with Crippen LogP contribution in [0, 0.1) is 0 Å². The standard InChI is InChI=1S/C12H13ClN2O3/c13-9-5-7(12(14)18)1-4-10(9)15(6-11(16)17)8-2-3-8/h1,4-5,8H,2-3,6H2,(H2,14,18)(H,16,17). The average molecular weight is 269 g/mol. The maximum Gasteiger partial charge on any atom is 0.323 e. The van der Waals surface area contributed by atoms with Gasteiger partial charge >= 0.3 is 5.97 Å². The number of carbonyl (C=O) groups excluding carboxylic acids is 1. The summed E-state index contributed by atoms with van der Waals surface area (Å²) in [6.45, 7) is -0.0969. The monoisotopic (exact) mass is 268 g/mol. The molecular weight excluding hydrogens is 256 g/mol. The lowest BCUT2D eigenvalue weighted by Crippen LogP contribution is -2.32. The number of carboxylic acids is 1. The molecule has 6 heteroatoms. The van der Waals surface area contributed by atoms with Crippen molar-refractivity contribution in [2.45, 2.75) is 18.9 Å². The van der Waals surface area contributed by atoms with Gasteiger partial charge in [0.05, 0.1) is 10.7 Å². The topological polar surface area (TPSA) is 83.6 Å². The predicted octanol–water partition coefficient (Wildman–Crippen LogP) is 1.49. The van der Waals surface area contributed by atoms with Crippen molar-refractivity contribution in [3.05, 3.63) is 28.8 Å². The summed E-state index contributed by atoms with van der Waals surface area (Å²) in [4.78, 5) is 23.6. The smallest absolute Gasteiger partial charge is 0.323 e. The fourth-order valence-corrected chi connectivity index (χ4v) is 2.13. The summed E-state index contributed by atoms with van der Waals surface area (Å²) in [5.41, 5.74) is 6.10. The van der Waals surface area contributed by atoms with Gasteiger partial charge in [-0.1, -0.05) is 11.6 Å². The molecule has 18 heavy (non-hydrogen) atoms. The van der Waals surface area contributed by atoms with Gasteiger partial charge in [-0.25, -0.2) is 0 Å². The third kappa shape index (κ3) is 2.73. The van der Waals surface area contributed by atoms with Crippen LogP contribution in [0.2, 0.25) is 5.02 Å². The van der Waals surface area contributed by atoms with E-state index in [0.717, 1.165) is 12.8 Å². The second kappa shape index (κ2) is 4.86. The number of nitrogens with two attached hydrogens (primary N) is 1. The summed E-state index contributed by atoms with van der Waals surface area (Å²) < 4.78 is 0. The molecule has 1 saturated carbocycles. The van der Waals surface area contributed by atoms with Gasteiger partial charge in [0.15, 0.2) is 0 Å². The first kappa shape index (κ1) is 12.7. The van der Waals surface area contributed by atoms with Crippen molar-refractivity contribution in [3.8, 4) is 0 Å². The minimum atomic E-state index is -0.906. The number of rotatable bonds is 5. The van der Waals surface area contributed by atoms with Crippen molar-refractivity contribution < 1.29 is 14.7 Å². The van der Waals surface area contributed by atoms with Crippen molar-refractivity contribution in [3.63, 3.8) is 0 Å². The SMILES string of the molecule is NC(=O)c1ccc(N(CC(=O)O)C2CC2)c(Cl)c1. The Morgan fingerprint density at radius 1 is 1.44 bits per heavy atom. The summed E-state index contributed by atoms with van der Waals surface area (Å²) in [5.74, 6) is -1.46. The van der Waals surface area contributed by atoms with Gasteiger partial charge in [0.1, 0.15) is 6.54 Å². The Labute approximate surface area is 109 Å². The van der Waals surface area contributed by atoms with E-state index in [0.29, 0.717) is 16.3 Å². The number of primary amides is 1. The van der Waals surface area contributed by atoms with Gasteiger partial charge in [-0.15, -0.1) is 0 Å². The van der Waals surface area contributed by atoms with Crippen molar-refractivity contribution in [2.75, 3.05) is 11.4 Å². The van der Waals surface area contributed by atoms with E-state index < -0.39 is 11.9 Å². The minimum absolute atomic E-state index is 0.0969. The van der Waals surface area contributed by atoms with E-state index in [2.05, 4.69) is 0 Å². The molecule has 1 aliphatic rings. The Kier molecular flexibility index (Phi) is 3.43. The molecule has 0 unspecified atom stereocenters. The van der Waals surface area contributed by atoms with Crippen molar-refractivity contribution in [1.29, 1.82) is 0 Å². The molecular formula is C12H13ClN2O3. The zero-order valence-electron chi connectivity index (χ0n) is 9.60. The lowest BCUT2D eigenvalue weighted by atomic mass is 10.2. The third-order valence-electron chi connectivity index (χ3n) is 2.83. The maximum atomic E-state index is 11.0. The Balaban J connectivity index is 2.30. The van der Waals surface area contributed by atoms with Crippen LogP contribution >= 0.6 is 11.6 Å². The van der Waals surface area contributed by atoms with Crippen LogP contribution in [0.1, 0.15) is 23.2 Å². The van der Waals surface area contributed by atoms with Crippen LogP contribution in [0.25, 0.3) is 0 Å². The first-order valence-electron chi connectivity index (χ1n) is 5.57. The molecule has 96 valence electrons. The highest BCUT2D eigenvalue weighted by Gasteiger charge is 2.31. The summed E-state index contributed by atoms with van der Waals surface area (Å²) >= 11 is 6.08. The summed E-state index contributed by atoms with van der Waals surface area (Å²) in [6, 6.07) is 4.89. The van der Waals surface area contributed by atoms with Gasteiger partial charge in [0.2, 0.25) is 5.91 Å². The molecule has 0 bridgehead atoms. The van der Waals surface area contributed by atoms with Crippen LogP contribution in [0.3, 0.4) is 0 Å². The van der Waals surface area contributed by atoms with Gasteiger partial charge in [0, 0.05) is 11.6 Å². The molecule has 1 amide bonds. The summed E-state index contributed by atoms with van der Waals surface area (Å²) in [7, 11) is 0. The molecule has 0 heterocycles. The number of carbonyl (C=O) groups is 2. The quantitative estimate of drug-likeness (QED) is 0.847. The zero-order valence-corrected chi connectivity index (χ0v) is 10.4. The van der Waals surface area contributed by atoms with Crippen LogP contribution < -0.4 is 10.6 Å². The molecule has 0 atom stereocenters. The lowest BCUT2D eigenvalue weighted by molar-refractivity contribution is -0.135.